The summed E-state index contributed by atoms with van der Waals surface area (Å²) in [6.07, 6.45) is 5.75. The van der Waals surface area contributed by atoms with Crippen molar-refractivity contribution < 1.29 is 19.5 Å². The molecule has 0 rings (SSSR count). The Balaban J connectivity index is 0. The number of unbranched alkanes of at least 4 members (excludes halogenated alkanes) is 3. The largest absolute Gasteiger partial charge is 0.346 e. The third-order valence-electron chi connectivity index (χ3n) is 1.60. The van der Waals surface area contributed by atoms with Crippen LogP contribution in [0.4, 0.5) is 0 Å². The molecule has 0 N–H and O–H groups in total. The summed E-state index contributed by atoms with van der Waals surface area (Å²) in [5.41, 5.74) is 0. The van der Waals surface area contributed by atoms with Crippen molar-refractivity contribution in [3.05, 3.63) is 6.92 Å². The maximum atomic E-state index is 3.87. The van der Waals surface area contributed by atoms with Crippen molar-refractivity contribution in [1.29, 1.82) is 0 Å². The van der Waals surface area contributed by atoms with Crippen molar-refractivity contribution >= 4 is 9.52 Å². The molecule has 0 aliphatic heterocycles. The molecule has 0 saturated carbocycles. The van der Waals surface area contributed by atoms with Gasteiger partial charge >= 0.3 is 0 Å². The van der Waals surface area contributed by atoms with Gasteiger partial charge in [-0.15, -0.1) is 0 Å². The van der Waals surface area contributed by atoms with Crippen LogP contribution in [0.25, 0.3) is 0 Å². The minimum absolute atomic E-state index is 0. The maximum absolute atomic E-state index is 3.87. The Bertz CT molecular complexity index is 42.5. The third-order valence-corrected chi connectivity index (χ3v) is 3.10. The van der Waals surface area contributed by atoms with Gasteiger partial charge < -0.3 is 6.92 Å². The molecule has 0 aromatic carbocycles. The fraction of sp³-hybridized carbons (Fsp3) is 0.875. The third kappa shape index (κ3) is 11.6. The Morgan fingerprint density at radius 1 is 1.20 bits per heavy atom. The van der Waals surface area contributed by atoms with Gasteiger partial charge in [0, 0.05) is 19.5 Å². The summed E-state index contributed by atoms with van der Waals surface area (Å²) in [5, 5.41) is 0. The van der Waals surface area contributed by atoms with Gasteiger partial charge in [-0.2, -0.15) is 6.04 Å². The molecule has 0 fully saturated rings. The normalized spacial score (nSPS) is 10.2. The van der Waals surface area contributed by atoms with E-state index in [2.05, 4.69) is 13.8 Å². The molecule has 0 heterocycles. The molecule has 2 heteroatoms. The van der Waals surface area contributed by atoms with E-state index in [0.29, 0.717) is 0 Å². The van der Waals surface area contributed by atoms with Crippen molar-refractivity contribution in [2.45, 2.75) is 44.7 Å². The van der Waals surface area contributed by atoms with Gasteiger partial charge in [-0.1, -0.05) is 38.7 Å². The molecule has 58 valence electrons. The average Bonchev–Trinajstić information content (AvgIpc) is 1.89. The van der Waals surface area contributed by atoms with E-state index in [9.17, 15) is 0 Å². The van der Waals surface area contributed by atoms with Crippen LogP contribution in [0.15, 0.2) is 0 Å². The van der Waals surface area contributed by atoms with Gasteiger partial charge in [0.25, 0.3) is 0 Å². The van der Waals surface area contributed by atoms with E-state index in [1.54, 1.807) is 0 Å². The molecule has 0 amide bonds. The second-order valence-corrected chi connectivity index (χ2v) is 4.74. The molecule has 0 aromatic rings. The van der Waals surface area contributed by atoms with Gasteiger partial charge in [-0.05, 0) is 9.52 Å². The van der Waals surface area contributed by atoms with E-state index in [1.807, 2.05) is 0 Å². The molecule has 0 aromatic heterocycles. The van der Waals surface area contributed by atoms with Gasteiger partial charge in [0.1, 0.15) is 0 Å². The van der Waals surface area contributed by atoms with E-state index in [4.69, 9.17) is 0 Å². The Morgan fingerprint density at radius 3 is 2.40 bits per heavy atom. The molecule has 0 spiro atoms. The Morgan fingerprint density at radius 2 is 1.90 bits per heavy atom. The van der Waals surface area contributed by atoms with Gasteiger partial charge in [-0.3, -0.25) is 0 Å². The molecule has 0 aliphatic carbocycles. The van der Waals surface area contributed by atoms with Crippen molar-refractivity contribution in [3.63, 3.8) is 0 Å². The molecule has 0 bridgehead atoms. The number of hydrogen-bond donors (Lipinski definition) is 0. The fourth-order valence-corrected chi connectivity index (χ4v) is 2.02. The van der Waals surface area contributed by atoms with Crippen LogP contribution in [-0.2, 0) is 19.5 Å². The summed E-state index contributed by atoms with van der Waals surface area (Å²) >= 11 is 0. The van der Waals surface area contributed by atoms with Crippen LogP contribution in [0.1, 0.15) is 32.6 Å². The minimum atomic E-state index is 0. The summed E-state index contributed by atoms with van der Waals surface area (Å²) in [4.78, 5) is 0. The quantitative estimate of drug-likeness (QED) is 0.357. The number of rotatable bonds is 6. The summed E-state index contributed by atoms with van der Waals surface area (Å²) in [7, 11) is 0.283. The SMILES string of the molecule is [CH2-]C[SiH2]CCCCCC.[Zn]. The maximum Gasteiger partial charge on any atom is 0 e. The second-order valence-electron chi connectivity index (χ2n) is 2.62. The second kappa shape index (κ2) is 12.5. The zero-order valence-electron chi connectivity index (χ0n) is 7.36. The van der Waals surface area contributed by atoms with E-state index < -0.39 is 0 Å². The van der Waals surface area contributed by atoms with Gasteiger partial charge in [0.2, 0.25) is 0 Å². The molecule has 0 atom stereocenters. The van der Waals surface area contributed by atoms with E-state index in [-0.39, 0.29) is 29.0 Å². The van der Waals surface area contributed by atoms with E-state index in [1.165, 1.54) is 37.8 Å². The van der Waals surface area contributed by atoms with Crippen molar-refractivity contribution in [2.24, 2.45) is 0 Å². The van der Waals surface area contributed by atoms with Crippen LogP contribution < -0.4 is 0 Å². The van der Waals surface area contributed by atoms with Crippen molar-refractivity contribution in [3.8, 4) is 0 Å². The Hall–Kier alpha value is 0.840. The molecular weight excluding hydrogens is 190 g/mol. The van der Waals surface area contributed by atoms with Crippen LogP contribution in [0.3, 0.4) is 0 Å². The zero-order valence-corrected chi connectivity index (χ0v) is 11.7. The fourth-order valence-electron chi connectivity index (χ4n) is 0.957. The summed E-state index contributed by atoms with van der Waals surface area (Å²) in [6, 6.07) is 2.79. The van der Waals surface area contributed by atoms with Crippen molar-refractivity contribution in [1.82, 2.24) is 0 Å². The van der Waals surface area contributed by atoms with Gasteiger partial charge in [-0.25, -0.2) is 0 Å². The zero-order chi connectivity index (χ0) is 6.95. The Kier molecular flexibility index (Phi) is 16.8. The van der Waals surface area contributed by atoms with E-state index >= 15 is 0 Å². The summed E-state index contributed by atoms with van der Waals surface area (Å²) < 4.78 is 0. The molecular formula is C8H19SiZn-. The van der Waals surface area contributed by atoms with Gasteiger partial charge in [0.15, 0.2) is 0 Å². The topological polar surface area (TPSA) is 0 Å². The minimum Gasteiger partial charge on any atom is -0.346 e. The predicted molar refractivity (Wildman–Crippen MR) is 47.7 cm³/mol. The standard InChI is InChI=1S/C8H19Si.Zn/c1-3-5-6-7-8-9-4-2;/h2-9H2,1H3;/q-1;. The molecule has 0 unspecified atom stereocenters. The number of hydrogen-bond acceptors (Lipinski definition) is 0. The average molecular weight is 209 g/mol. The van der Waals surface area contributed by atoms with E-state index in [0.717, 1.165) is 0 Å². The monoisotopic (exact) mass is 207 g/mol. The van der Waals surface area contributed by atoms with Crippen LogP contribution in [-0.4, -0.2) is 9.52 Å². The first-order valence-corrected chi connectivity index (χ1v) is 6.21. The van der Waals surface area contributed by atoms with Crippen LogP contribution in [0.2, 0.25) is 12.1 Å². The van der Waals surface area contributed by atoms with Crippen molar-refractivity contribution in [2.75, 3.05) is 0 Å². The van der Waals surface area contributed by atoms with Crippen LogP contribution >= 0.6 is 0 Å². The Labute approximate surface area is 80.8 Å². The molecule has 0 aliphatic rings. The molecule has 0 saturated heterocycles. The molecule has 0 radical (unpaired) electrons. The first kappa shape index (κ1) is 13.4. The first-order valence-electron chi connectivity index (χ1n) is 4.21. The first-order chi connectivity index (χ1) is 4.41. The molecule has 10 heavy (non-hydrogen) atoms. The summed E-state index contributed by atoms with van der Waals surface area (Å²) in [6.45, 7) is 6.13. The van der Waals surface area contributed by atoms with Crippen LogP contribution in [0.5, 0.6) is 0 Å². The summed E-state index contributed by atoms with van der Waals surface area (Å²) in [5.74, 6) is 0. The smallest absolute Gasteiger partial charge is 0 e. The predicted octanol–water partition coefficient (Wildman–Crippen LogP) is 2.40. The molecule has 0 nitrogen and oxygen atoms in total. The van der Waals surface area contributed by atoms with Crippen LogP contribution in [0, 0.1) is 6.92 Å². The van der Waals surface area contributed by atoms with Gasteiger partial charge in [0.05, 0.1) is 0 Å².